The molecule has 2 aromatic rings. The summed E-state index contributed by atoms with van der Waals surface area (Å²) in [4.78, 5) is 10.2. The molecule has 0 aliphatic rings. The van der Waals surface area contributed by atoms with Crippen molar-refractivity contribution in [2.45, 2.75) is 12.3 Å². The molecule has 0 saturated heterocycles. The van der Waals surface area contributed by atoms with Crippen LogP contribution in [0.3, 0.4) is 0 Å². The molecule has 0 aromatic heterocycles. The predicted octanol–water partition coefficient (Wildman–Crippen LogP) is 4.73. The summed E-state index contributed by atoms with van der Waals surface area (Å²) < 4.78 is 18.8. The van der Waals surface area contributed by atoms with Gasteiger partial charge in [-0.1, -0.05) is 15.9 Å². The molecule has 20 heavy (non-hydrogen) atoms. The van der Waals surface area contributed by atoms with Crippen LogP contribution in [0.25, 0.3) is 0 Å². The molecule has 0 bridgehead atoms. The van der Waals surface area contributed by atoms with Gasteiger partial charge in [0.1, 0.15) is 17.3 Å². The van der Waals surface area contributed by atoms with E-state index in [4.69, 9.17) is 4.74 Å². The van der Waals surface area contributed by atoms with Crippen LogP contribution < -0.4 is 4.74 Å². The first-order valence-electron chi connectivity index (χ1n) is 5.78. The lowest BCUT2D eigenvalue weighted by molar-refractivity contribution is -0.384. The summed E-state index contributed by atoms with van der Waals surface area (Å²) in [6.45, 7) is 1.72. The highest BCUT2D eigenvalue weighted by Crippen LogP contribution is 2.31. The molecule has 0 aliphatic heterocycles. The summed E-state index contributed by atoms with van der Waals surface area (Å²) >= 11 is 3.27. The van der Waals surface area contributed by atoms with E-state index in [1.165, 1.54) is 36.4 Å². The molecule has 6 heteroatoms. The van der Waals surface area contributed by atoms with Crippen LogP contribution in [-0.4, -0.2) is 4.92 Å². The van der Waals surface area contributed by atoms with Crippen LogP contribution in [0, 0.1) is 22.9 Å². The fourth-order valence-electron chi connectivity index (χ4n) is 1.73. The van der Waals surface area contributed by atoms with Gasteiger partial charge < -0.3 is 4.74 Å². The molecule has 0 aliphatic carbocycles. The molecule has 0 saturated carbocycles. The monoisotopic (exact) mass is 339 g/mol. The van der Waals surface area contributed by atoms with Crippen LogP contribution in [0.4, 0.5) is 10.1 Å². The Kier molecular flexibility index (Phi) is 4.34. The Morgan fingerprint density at radius 2 is 1.95 bits per heavy atom. The minimum Gasteiger partial charge on any atom is -0.457 e. The molecular weight excluding hydrogens is 329 g/mol. The number of non-ortho nitro benzene ring substituents is 1. The summed E-state index contributed by atoms with van der Waals surface area (Å²) in [7, 11) is 0. The number of nitro benzene ring substituents is 1. The second-order valence-electron chi connectivity index (χ2n) is 4.19. The number of benzene rings is 2. The van der Waals surface area contributed by atoms with Crippen molar-refractivity contribution in [1.29, 1.82) is 0 Å². The van der Waals surface area contributed by atoms with Gasteiger partial charge in [0.25, 0.3) is 5.69 Å². The fraction of sp³-hybridized carbons (Fsp3) is 0.143. The zero-order valence-corrected chi connectivity index (χ0v) is 12.2. The van der Waals surface area contributed by atoms with Crippen molar-refractivity contribution in [3.63, 3.8) is 0 Å². The predicted molar refractivity (Wildman–Crippen MR) is 76.9 cm³/mol. The van der Waals surface area contributed by atoms with Crippen LogP contribution in [-0.2, 0) is 5.33 Å². The summed E-state index contributed by atoms with van der Waals surface area (Å²) in [5.41, 5.74) is 1.32. The summed E-state index contributed by atoms with van der Waals surface area (Å²) in [6.07, 6.45) is 0. The Hall–Kier alpha value is -1.95. The van der Waals surface area contributed by atoms with Gasteiger partial charge in [-0.15, -0.1) is 0 Å². The maximum Gasteiger partial charge on any atom is 0.269 e. The normalized spacial score (nSPS) is 10.3. The van der Waals surface area contributed by atoms with E-state index in [0.29, 0.717) is 28.0 Å². The first-order chi connectivity index (χ1) is 9.51. The molecular formula is C14H11BrFNO3. The number of hydrogen-bond donors (Lipinski definition) is 0. The van der Waals surface area contributed by atoms with E-state index in [9.17, 15) is 14.5 Å². The van der Waals surface area contributed by atoms with Crippen LogP contribution in [0.15, 0.2) is 36.4 Å². The molecule has 2 rings (SSSR count). The van der Waals surface area contributed by atoms with Crippen molar-refractivity contribution >= 4 is 21.6 Å². The molecule has 104 valence electrons. The average Bonchev–Trinajstić information content (AvgIpc) is 2.42. The maximum absolute atomic E-state index is 13.1. The van der Waals surface area contributed by atoms with Gasteiger partial charge in [0.2, 0.25) is 0 Å². The molecule has 0 fully saturated rings. The van der Waals surface area contributed by atoms with Crippen LogP contribution in [0.2, 0.25) is 0 Å². The molecule has 2 aromatic carbocycles. The van der Waals surface area contributed by atoms with E-state index in [1.807, 2.05) is 0 Å². The van der Waals surface area contributed by atoms with E-state index in [0.717, 1.165) is 0 Å². The Bertz CT molecular complexity index is 661. The molecule has 0 radical (unpaired) electrons. The van der Waals surface area contributed by atoms with Gasteiger partial charge in [0.05, 0.1) is 4.92 Å². The molecule has 0 spiro atoms. The highest BCUT2D eigenvalue weighted by molar-refractivity contribution is 9.08. The van der Waals surface area contributed by atoms with E-state index in [-0.39, 0.29) is 11.5 Å². The number of rotatable bonds is 4. The summed E-state index contributed by atoms with van der Waals surface area (Å²) in [6, 6.07) is 8.57. The van der Waals surface area contributed by atoms with Crippen molar-refractivity contribution in [3.8, 4) is 11.5 Å². The third-order valence-electron chi connectivity index (χ3n) is 2.76. The van der Waals surface area contributed by atoms with Gasteiger partial charge in [-0.3, -0.25) is 10.1 Å². The zero-order valence-electron chi connectivity index (χ0n) is 10.6. The summed E-state index contributed by atoms with van der Waals surface area (Å²) in [5.74, 6) is 0.678. The number of hydrogen-bond acceptors (Lipinski definition) is 3. The zero-order chi connectivity index (χ0) is 14.7. The minimum atomic E-state index is -0.460. The molecule has 0 heterocycles. The third kappa shape index (κ3) is 3.14. The fourth-order valence-corrected chi connectivity index (χ4v) is 2.17. The Morgan fingerprint density at radius 3 is 2.55 bits per heavy atom. The number of aryl methyl sites for hydroxylation is 1. The van der Waals surface area contributed by atoms with Crippen LogP contribution >= 0.6 is 15.9 Å². The SMILES string of the molecule is Cc1cc([N+](=O)[O-])ccc1Oc1ccc(F)cc1CBr. The van der Waals surface area contributed by atoms with E-state index in [1.54, 1.807) is 6.92 Å². The number of alkyl halides is 1. The van der Waals surface area contributed by atoms with Crippen molar-refractivity contribution in [3.05, 3.63) is 63.5 Å². The standard InChI is InChI=1S/C14H11BrFNO3/c1-9-6-12(17(18)19)3-5-13(9)20-14-4-2-11(16)7-10(14)8-15/h2-7H,8H2,1H3. The molecule has 0 amide bonds. The third-order valence-corrected chi connectivity index (χ3v) is 3.36. The van der Waals surface area contributed by atoms with Crippen molar-refractivity contribution in [2.24, 2.45) is 0 Å². The van der Waals surface area contributed by atoms with Crippen molar-refractivity contribution in [2.75, 3.05) is 0 Å². The highest BCUT2D eigenvalue weighted by atomic mass is 79.9. The van der Waals surface area contributed by atoms with Crippen molar-refractivity contribution < 1.29 is 14.1 Å². The maximum atomic E-state index is 13.1. The van der Waals surface area contributed by atoms with E-state index >= 15 is 0 Å². The summed E-state index contributed by atoms with van der Waals surface area (Å²) in [5, 5.41) is 11.1. The van der Waals surface area contributed by atoms with Crippen LogP contribution in [0.1, 0.15) is 11.1 Å². The second-order valence-corrected chi connectivity index (χ2v) is 4.76. The smallest absolute Gasteiger partial charge is 0.269 e. The Morgan fingerprint density at radius 1 is 1.25 bits per heavy atom. The molecule has 0 atom stereocenters. The first kappa shape index (κ1) is 14.5. The van der Waals surface area contributed by atoms with Crippen LogP contribution in [0.5, 0.6) is 11.5 Å². The Balaban J connectivity index is 2.33. The quantitative estimate of drug-likeness (QED) is 0.459. The minimum absolute atomic E-state index is 0.00895. The molecule has 0 N–H and O–H groups in total. The highest BCUT2D eigenvalue weighted by Gasteiger charge is 2.11. The number of nitro groups is 1. The first-order valence-corrected chi connectivity index (χ1v) is 6.90. The topological polar surface area (TPSA) is 52.4 Å². The lowest BCUT2D eigenvalue weighted by atomic mass is 10.2. The van der Waals surface area contributed by atoms with Gasteiger partial charge in [-0.2, -0.15) is 0 Å². The van der Waals surface area contributed by atoms with Gasteiger partial charge >= 0.3 is 0 Å². The lowest BCUT2D eigenvalue weighted by Crippen LogP contribution is -1.94. The van der Waals surface area contributed by atoms with E-state index in [2.05, 4.69) is 15.9 Å². The second kappa shape index (κ2) is 6.00. The number of ether oxygens (including phenoxy) is 1. The lowest BCUT2D eigenvalue weighted by Gasteiger charge is -2.11. The number of halogens is 2. The Labute approximate surface area is 123 Å². The molecule has 4 nitrogen and oxygen atoms in total. The largest absolute Gasteiger partial charge is 0.457 e. The number of nitrogens with zero attached hydrogens (tertiary/aromatic N) is 1. The van der Waals surface area contributed by atoms with Gasteiger partial charge in [0.15, 0.2) is 0 Å². The molecule has 0 unspecified atom stereocenters. The van der Waals surface area contributed by atoms with Gasteiger partial charge in [-0.25, -0.2) is 4.39 Å². The average molecular weight is 340 g/mol. The van der Waals surface area contributed by atoms with Crippen molar-refractivity contribution in [1.82, 2.24) is 0 Å². The van der Waals surface area contributed by atoms with Gasteiger partial charge in [-0.05, 0) is 36.8 Å². The van der Waals surface area contributed by atoms with E-state index < -0.39 is 4.92 Å². The van der Waals surface area contributed by atoms with Gasteiger partial charge in [0, 0.05) is 23.0 Å².